The second kappa shape index (κ2) is 66.1. The molecular weight excluding hydrogens is 1080 g/mol. The van der Waals surface area contributed by atoms with E-state index >= 15 is 0 Å². The predicted octanol–water partition coefficient (Wildman–Crippen LogP) is 22.4. The highest BCUT2D eigenvalue weighted by Gasteiger charge is 2.23. The molecule has 3 atom stereocenters. The molecule has 0 aliphatic carbocycles. The van der Waals surface area contributed by atoms with Crippen molar-refractivity contribution in [2.45, 2.75) is 309 Å². The van der Waals surface area contributed by atoms with Crippen molar-refractivity contribution in [2.24, 2.45) is 0 Å². The monoisotopic (exact) mass is 1220 g/mol. The van der Waals surface area contributed by atoms with E-state index in [1.165, 1.54) is 180 Å². The normalized spacial score (nSPS) is 14.5. The highest BCUT2D eigenvalue weighted by molar-refractivity contribution is 7.45. The molecule has 1 amide bonds. The summed E-state index contributed by atoms with van der Waals surface area (Å²) in [6.07, 6.45) is 100. The number of phosphoric acid groups is 1. The summed E-state index contributed by atoms with van der Waals surface area (Å²) >= 11 is 0. The number of hydrogen-bond acceptors (Lipinski definition) is 6. The number of allylic oxidation sites excluding steroid dienone is 21. The number of carbonyl (C=O) groups is 1. The molecule has 0 rings (SSSR count). The minimum atomic E-state index is -4.63. The van der Waals surface area contributed by atoms with Crippen LogP contribution in [-0.4, -0.2) is 68.5 Å². The number of aliphatic hydroxyl groups excluding tert-OH is 1. The van der Waals surface area contributed by atoms with Gasteiger partial charge in [-0.05, 0) is 109 Å². The molecule has 0 aromatic carbocycles. The van der Waals surface area contributed by atoms with Crippen molar-refractivity contribution in [3.8, 4) is 0 Å². The van der Waals surface area contributed by atoms with Gasteiger partial charge in [-0.1, -0.05) is 314 Å². The Morgan fingerprint density at radius 2 is 0.721 bits per heavy atom. The van der Waals surface area contributed by atoms with E-state index in [1.807, 2.05) is 27.2 Å². The third kappa shape index (κ3) is 68.1. The van der Waals surface area contributed by atoms with Crippen molar-refractivity contribution in [1.82, 2.24) is 5.32 Å². The lowest BCUT2D eigenvalue weighted by molar-refractivity contribution is -0.870. The van der Waals surface area contributed by atoms with Gasteiger partial charge in [-0.2, -0.15) is 0 Å². The van der Waals surface area contributed by atoms with Crippen LogP contribution in [0.1, 0.15) is 296 Å². The maximum absolute atomic E-state index is 13.0. The molecule has 2 N–H and O–H groups in total. The van der Waals surface area contributed by atoms with Crippen LogP contribution in [-0.2, 0) is 18.4 Å². The first-order valence-corrected chi connectivity index (χ1v) is 37.0. The molecule has 86 heavy (non-hydrogen) atoms. The van der Waals surface area contributed by atoms with Crippen LogP contribution in [0, 0.1) is 0 Å². The molecular formula is C77H135N2O6P. The molecule has 9 heteroatoms. The standard InChI is InChI=1S/C77H135N2O6P/c1-6-8-10-12-14-16-18-20-22-24-26-28-30-32-34-35-36-37-38-39-40-41-42-43-45-47-49-51-53-55-57-59-61-63-65-67-69-71-77(81)78-75(74-85-86(82,83)84-73-72-79(3,4)5)76(80)70-68-66-64-62-60-58-56-54-52-50-48-46-44-33-31-29-27-25-23-21-19-17-15-13-11-9-7-2/h8,10,14,16,20,22,26,28,32,34,36-37,39-40,42-43,52,54,60,62,68,70,75-76,80H,6-7,9,11-13,15,17-19,21,23-25,27,29-31,33,35,38,41,44-51,53,55-59,61,63-67,69,71-74H2,1-5H3,(H-,78,81,82,83)/b10-8-,16-14-,22-20-,28-26-,34-32-,37-36-,40-39-,43-42-,54-52+,62-60+,70-68+. The first-order valence-electron chi connectivity index (χ1n) is 35.5. The average Bonchev–Trinajstić information content (AvgIpc) is 3.70. The van der Waals surface area contributed by atoms with Crippen molar-refractivity contribution in [1.29, 1.82) is 0 Å². The fourth-order valence-corrected chi connectivity index (χ4v) is 10.6. The second-order valence-corrected chi connectivity index (χ2v) is 26.2. The van der Waals surface area contributed by atoms with Crippen LogP contribution in [0.5, 0.6) is 0 Å². The number of hydrogen-bond donors (Lipinski definition) is 2. The van der Waals surface area contributed by atoms with Gasteiger partial charge in [0.2, 0.25) is 5.91 Å². The van der Waals surface area contributed by atoms with Gasteiger partial charge in [-0.3, -0.25) is 9.36 Å². The number of rotatable bonds is 64. The minimum Gasteiger partial charge on any atom is -0.756 e. The number of aliphatic hydroxyl groups is 1. The van der Waals surface area contributed by atoms with Crippen molar-refractivity contribution in [2.75, 3.05) is 40.9 Å². The quantitative estimate of drug-likeness (QED) is 0.0272. The number of phosphoric ester groups is 1. The second-order valence-electron chi connectivity index (χ2n) is 24.8. The van der Waals surface area contributed by atoms with Crippen LogP contribution in [0.4, 0.5) is 0 Å². The Morgan fingerprint density at radius 1 is 0.419 bits per heavy atom. The Bertz CT molecular complexity index is 1870. The van der Waals surface area contributed by atoms with E-state index in [4.69, 9.17) is 9.05 Å². The van der Waals surface area contributed by atoms with Crippen LogP contribution in [0.3, 0.4) is 0 Å². The lowest BCUT2D eigenvalue weighted by atomic mass is 10.0. The molecule has 0 fully saturated rings. The van der Waals surface area contributed by atoms with Crippen LogP contribution in [0.2, 0.25) is 0 Å². The van der Waals surface area contributed by atoms with Crippen LogP contribution in [0.25, 0.3) is 0 Å². The molecule has 0 saturated carbocycles. The molecule has 8 nitrogen and oxygen atoms in total. The van der Waals surface area contributed by atoms with Gasteiger partial charge < -0.3 is 28.8 Å². The maximum Gasteiger partial charge on any atom is 0.268 e. The molecule has 494 valence electrons. The van der Waals surface area contributed by atoms with Crippen LogP contribution < -0.4 is 10.2 Å². The summed E-state index contributed by atoms with van der Waals surface area (Å²) < 4.78 is 23.4. The minimum absolute atomic E-state index is 0.0149. The zero-order valence-electron chi connectivity index (χ0n) is 56.5. The van der Waals surface area contributed by atoms with Crippen molar-refractivity contribution < 1.29 is 32.9 Å². The summed E-state index contributed by atoms with van der Waals surface area (Å²) in [6.45, 7) is 4.52. The molecule has 0 aliphatic rings. The van der Waals surface area contributed by atoms with E-state index in [0.717, 1.165) is 96.3 Å². The number of quaternary nitrogens is 1. The summed E-state index contributed by atoms with van der Waals surface area (Å²) in [7, 11) is 1.22. The molecule has 0 spiro atoms. The first kappa shape index (κ1) is 82.6. The fraction of sp³-hybridized carbons (Fsp3) is 0.701. The highest BCUT2D eigenvalue weighted by atomic mass is 31.2. The van der Waals surface area contributed by atoms with Gasteiger partial charge in [0.25, 0.3) is 7.82 Å². The molecule has 0 aliphatic heterocycles. The Hall–Kier alpha value is -3.36. The largest absolute Gasteiger partial charge is 0.756 e. The van der Waals surface area contributed by atoms with Crippen molar-refractivity contribution >= 4 is 13.7 Å². The summed E-state index contributed by atoms with van der Waals surface area (Å²) in [4.78, 5) is 25.6. The first-order chi connectivity index (χ1) is 42.0. The third-order valence-electron chi connectivity index (χ3n) is 15.3. The van der Waals surface area contributed by atoms with E-state index in [-0.39, 0.29) is 12.5 Å². The Morgan fingerprint density at radius 3 is 1.08 bits per heavy atom. The van der Waals surface area contributed by atoms with E-state index in [2.05, 4.69) is 141 Å². The molecule has 0 aromatic rings. The van der Waals surface area contributed by atoms with Gasteiger partial charge in [0.05, 0.1) is 39.9 Å². The Balaban J connectivity index is 4.16. The van der Waals surface area contributed by atoms with Gasteiger partial charge >= 0.3 is 0 Å². The Kier molecular flexibility index (Phi) is 63.5. The van der Waals surface area contributed by atoms with E-state index in [1.54, 1.807) is 6.08 Å². The van der Waals surface area contributed by atoms with Gasteiger partial charge in [-0.15, -0.1) is 0 Å². The summed E-state index contributed by atoms with van der Waals surface area (Å²) in [5.41, 5.74) is 0. The molecule has 3 unspecified atom stereocenters. The zero-order valence-corrected chi connectivity index (χ0v) is 57.4. The predicted molar refractivity (Wildman–Crippen MR) is 375 cm³/mol. The van der Waals surface area contributed by atoms with Gasteiger partial charge in [0.1, 0.15) is 13.2 Å². The number of likely N-dealkylation sites (N-methyl/N-ethyl adjacent to an activating group) is 1. The highest BCUT2D eigenvalue weighted by Crippen LogP contribution is 2.38. The average molecular weight is 1220 g/mol. The van der Waals surface area contributed by atoms with Crippen LogP contribution in [0.15, 0.2) is 134 Å². The number of carbonyl (C=O) groups excluding carboxylic acids is 1. The van der Waals surface area contributed by atoms with Gasteiger partial charge in [0, 0.05) is 6.42 Å². The third-order valence-corrected chi connectivity index (χ3v) is 16.3. The van der Waals surface area contributed by atoms with Crippen LogP contribution >= 0.6 is 7.82 Å². The number of unbranched alkanes of at least 4 members (excludes halogenated alkanes) is 31. The maximum atomic E-state index is 13.0. The molecule has 0 saturated heterocycles. The lowest BCUT2D eigenvalue weighted by Gasteiger charge is -2.29. The number of amides is 1. The SMILES string of the molecule is CC/C=C\C/C=C\C/C=C\C/C=C\C/C=C\C/C=C\C/C=C\C/C=C\CCCCCCCCCCCCCCC(=O)NC(COP(=O)([O-])OCC[N+](C)(C)C)C(O)/C=C/CC/C=C/CC/C=C/CCCCCCCCCCCCCCCCCCC. The van der Waals surface area contributed by atoms with E-state index in [0.29, 0.717) is 17.4 Å². The summed E-state index contributed by atoms with van der Waals surface area (Å²) in [6, 6.07) is -0.921. The van der Waals surface area contributed by atoms with E-state index < -0.39 is 26.6 Å². The molecule has 0 radical (unpaired) electrons. The number of nitrogens with zero attached hydrogens (tertiary/aromatic N) is 1. The van der Waals surface area contributed by atoms with Crippen molar-refractivity contribution in [3.63, 3.8) is 0 Å². The fourth-order valence-electron chi connectivity index (χ4n) is 9.85. The lowest BCUT2D eigenvalue weighted by Crippen LogP contribution is -2.45. The molecule has 0 heterocycles. The molecule has 0 bridgehead atoms. The topological polar surface area (TPSA) is 108 Å². The summed E-state index contributed by atoms with van der Waals surface area (Å²) in [5.74, 6) is -0.216. The van der Waals surface area contributed by atoms with E-state index in [9.17, 15) is 19.4 Å². The van der Waals surface area contributed by atoms with Crippen molar-refractivity contribution in [3.05, 3.63) is 134 Å². The number of nitrogens with one attached hydrogen (secondary N) is 1. The van der Waals surface area contributed by atoms with Gasteiger partial charge in [0.15, 0.2) is 0 Å². The Labute approximate surface area is 532 Å². The molecule has 0 aromatic heterocycles. The summed E-state index contributed by atoms with van der Waals surface area (Å²) in [5, 5.41) is 13.9. The zero-order chi connectivity index (χ0) is 62.6. The smallest absolute Gasteiger partial charge is 0.268 e. The van der Waals surface area contributed by atoms with Gasteiger partial charge in [-0.25, -0.2) is 0 Å².